The zero-order chi connectivity index (χ0) is 19.4. The van der Waals surface area contributed by atoms with Gasteiger partial charge in [0.05, 0.1) is 19.5 Å². The average Bonchev–Trinajstić information content (AvgIpc) is 3.16. The molecule has 0 amide bonds. The number of hydrogen-bond acceptors (Lipinski definition) is 7. The largest absolute Gasteiger partial charge is 0.497 e. The molecule has 6 nitrogen and oxygen atoms in total. The Kier molecular flexibility index (Phi) is 5.75. The standard InChI is InChI=1S/C19H17FN2O4S/c1-11(17(23)12-4-6-14(20)7-5-12)27-19-22-21-18(26-19)13-8-15(24-2)10-16(9-13)25-3/h4-11H,1-3H3/t11-/m1/s1. The number of halogens is 1. The van der Waals surface area contributed by atoms with Crippen molar-refractivity contribution in [3.63, 3.8) is 0 Å². The maximum atomic E-state index is 13.0. The highest BCUT2D eigenvalue weighted by Crippen LogP contribution is 2.32. The van der Waals surface area contributed by atoms with E-state index >= 15 is 0 Å². The van der Waals surface area contributed by atoms with Gasteiger partial charge in [-0.2, -0.15) is 0 Å². The van der Waals surface area contributed by atoms with Gasteiger partial charge in [0.15, 0.2) is 5.78 Å². The minimum atomic E-state index is -0.469. The molecule has 0 fully saturated rings. The molecule has 140 valence electrons. The van der Waals surface area contributed by atoms with Gasteiger partial charge in [0.25, 0.3) is 5.22 Å². The first-order valence-electron chi connectivity index (χ1n) is 8.03. The third-order valence-electron chi connectivity index (χ3n) is 3.78. The van der Waals surface area contributed by atoms with E-state index < -0.39 is 5.25 Å². The van der Waals surface area contributed by atoms with Crippen molar-refractivity contribution in [1.82, 2.24) is 10.2 Å². The predicted molar refractivity (Wildman–Crippen MR) is 98.9 cm³/mol. The summed E-state index contributed by atoms with van der Waals surface area (Å²) in [6.45, 7) is 1.73. The van der Waals surface area contributed by atoms with Crippen molar-refractivity contribution in [3.05, 3.63) is 53.8 Å². The lowest BCUT2D eigenvalue weighted by molar-refractivity contribution is 0.0993. The number of rotatable bonds is 7. The number of methoxy groups -OCH3 is 2. The average molecular weight is 388 g/mol. The third kappa shape index (κ3) is 4.46. The summed E-state index contributed by atoms with van der Waals surface area (Å²) in [7, 11) is 3.10. The van der Waals surface area contributed by atoms with E-state index in [9.17, 15) is 9.18 Å². The normalized spacial score (nSPS) is 11.9. The Bertz CT molecular complexity index is 921. The summed E-state index contributed by atoms with van der Waals surface area (Å²) in [5.74, 6) is 0.939. The molecule has 0 aliphatic carbocycles. The third-order valence-corrected chi connectivity index (χ3v) is 4.71. The monoisotopic (exact) mass is 388 g/mol. The Hall–Kier alpha value is -2.87. The van der Waals surface area contributed by atoms with Crippen LogP contribution in [0.25, 0.3) is 11.5 Å². The summed E-state index contributed by atoms with van der Waals surface area (Å²) >= 11 is 1.14. The van der Waals surface area contributed by atoms with Gasteiger partial charge in [-0.25, -0.2) is 4.39 Å². The summed E-state index contributed by atoms with van der Waals surface area (Å²) in [6, 6.07) is 10.7. The number of carbonyl (C=O) groups excluding carboxylic acids is 1. The number of Topliss-reactive ketones (excluding diaryl/α,β-unsaturated/α-hetero) is 1. The summed E-state index contributed by atoms with van der Waals surface area (Å²) in [5, 5.41) is 7.80. The smallest absolute Gasteiger partial charge is 0.277 e. The number of benzene rings is 2. The molecule has 1 atom stereocenters. The van der Waals surface area contributed by atoms with Crippen molar-refractivity contribution in [2.75, 3.05) is 14.2 Å². The lowest BCUT2D eigenvalue weighted by Crippen LogP contribution is -2.13. The van der Waals surface area contributed by atoms with Crippen LogP contribution in [0.5, 0.6) is 11.5 Å². The SMILES string of the molecule is COc1cc(OC)cc(-c2nnc(S[C@H](C)C(=O)c3ccc(F)cc3)o2)c1. The van der Waals surface area contributed by atoms with Gasteiger partial charge in [0.2, 0.25) is 5.89 Å². The zero-order valence-electron chi connectivity index (χ0n) is 14.9. The van der Waals surface area contributed by atoms with Gasteiger partial charge in [-0.3, -0.25) is 4.79 Å². The molecule has 27 heavy (non-hydrogen) atoms. The van der Waals surface area contributed by atoms with E-state index in [0.717, 1.165) is 11.8 Å². The van der Waals surface area contributed by atoms with E-state index in [1.54, 1.807) is 39.3 Å². The van der Waals surface area contributed by atoms with E-state index in [-0.39, 0.29) is 22.7 Å². The lowest BCUT2D eigenvalue weighted by atomic mass is 10.1. The molecule has 0 bridgehead atoms. The maximum absolute atomic E-state index is 13.0. The fraction of sp³-hybridized carbons (Fsp3) is 0.211. The first kappa shape index (κ1) is 18.9. The van der Waals surface area contributed by atoms with Crippen LogP contribution in [0.15, 0.2) is 52.1 Å². The number of nitrogens with zero attached hydrogens (tertiary/aromatic N) is 2. The minimum absolute atomic E-state index is 0.150. The molecule has 1 aromatic heterocycles. The highest BCUT2D eigenvalue weighted by molar-refractivity contribution is 8.00. The van der Waals surface area contributed by atoms with Crippen LogP contribution in [0, 0.1) is 5.82 Å². The van der Waals surface area contributed by atoms with Crippen LogP contribution in [-0.2, 0) is 0 Å². The number of carbonyl (C=O) groups is 1. The van der Waals surface area contributed by atoms with Crippen LogP contribution in [0.1, 0.15) is 17.3 Å². The van der Waals surface area contributed by atoms with E-state index in [4.69, 9.17) is 13.9 Å². The first-order chi connectivity index (χ1) is 13.0. The molecule has 1 heterocycles. The Labute approximate surface area is 159 Å². The number of aromatic nitrogens is 2. The fourth-order valence-electron chi connectivity index (χ4n) is 2.36. The van der Waals surface area contributed by atoms with Gasteiger partial charge in [0, 0.05) is 17.2 Å². The summed E-state index contributed by atoms with van der Waals surface area (Å²) in [4.78, 5) is 12.4. The highest BCUT2D eigenvalue weighted by Gasteiger charge is 2.20. The molecular formula is C19H17FN2O4S. The molecule has 0 saturated heterocycles. The number of ether oxygens (including phenoxy) is 2. The van der Waals surface area contributed by atoms with Crippen molar-refractivity contribution in [2.45, 2.75) is 17.4 Å². The summed E-state index contributed by atoms with van der Waals surface area (Å²) in [6.07, 6.45) is 0. The van der Waals surface area contributed by atoms with Gasteiger partial charge < -0.3 is 13.9 Å². The molecule has 3 rings (SSSR count). The maximum Gasteiger partial charge on any atom is 0.277 e. The van der Waals surface area contributed by atoms with Crippen molar-refractivity contribution < 1.29 is 23.1 Å². The second-order valence-corrected chi connectivity index (χ2v) is 6.90. The molecule has 0 saturated carbocycles. The number of thioether (sulfide) groups is 1. The Morgan fingerprint density at radius 2 is 1.70 bits per heavy atom. The molecule has 0 N–H and O–H groups in total. The topological polar surface area (TPSA) is 74.5 Å². The van der Waals surface area contributed by atoms with Gasteiger partial charge >= 0.3 is 0 Å². The van der Waals surface area contributed by atoms with Crippen LogP contribution in [0.2, 0.25) is 0 Å². The van der Waals surface area contributed by atoms with Gasteiger partial charge in [-0.15, -0.1) is 10.2 Å². The van der Waals surface area contributed by atoms with Crippen molar-refractivity contribution in [1.29, 1.82) is 0 Å². The molecule has 2 aromatic carbocycles. The molecule has 0 unspecified atom stereocenters. The van der Waals surface area contributed by atoms with Crippen molar-refractivity contribution in [3.8, 4) is 23.0 Å². The zero-order valence-corrected chi connectivity index (χ0v) is 15.7. The molecule has 0 aliphatic heterocycles. The quantitative estimate of drug-likeness (QED) is 0.442. The summed E-state index contributed by atoms with van der Waals surface area (Å²) < 4.78 is 29.1. The van der Waals surface area contributed by atoms with Crippen LogP contribution in [0.4, 0.5) is 4.39 Å². The Balaban J connectivity index is 1.76. The minimum Gasteiger partial charge on any atom is -0.497 e. The van der Waals surface area contributed by atoms with Gasteiger partial charge in [-0.1, -0.05) is 11.8 Å². The Morgan fingerprint density at radius 1 is 1.07 bits per heavy atom. The number of hydrogen-bond donors (Lipinski definition) is 0. The Morgan fingerprint density at radius 3 is 2.30 bits per heavy atom. The molecule has 0 spiro atoms. The van der Waals surface area contributed by atoms with E-state index in [1.807, 2.05) is 0 Å². The molecule has 3 aromatic rings. The molecule has 8 heteroatoms. The number of ketones is 1. The predicted octanol–water partition coefficient (Wildman–Crippen LogP) is 4.26. The fourth-order valence-corrected chi connectivity index (χ4v) is 3.12. The summed E-state index contributed by atoms with van der Waals surface area (Å²) in [5.41, 5.74) is 1.07. The van der Waals surface area contributed by atoms with E-state index in [0.29, 0.717) is 22.6 Å². The van der Waals surface area contributed by atoms with Crippen molar-refractivity contribution >= 4 is 17.5 Å². The van der Waals surface area contributed by atoms with Gasteiger partial charge in [0.1, 0.15) is 17.3 Å². The first-order valence-corrected chi connectivity index (χ1v) is 8.91. The van der Waals surface area contributed by atoms with Gasteiger partial charge in [-0.05, 0) is 43.3 Å². The molecule has 0 radical (unpaired) electrons. The van der Waals surface area contributed by atoms with Crippen molar-refractivity contribution in [2.24, 2.45) is 0 Å². The molecular weight excluding hydrogens is 371 g/mol. The highest BCUT2D eigenvalue weighted by atomic mass is 32.2. The lowest BCUT2D eigenvalue weighted by Gasteiger charge is -2.07. The van der Waals surface area contributed by atoms with E-state index in [2.05, 4.69) is 10.2 Å². The second kappa shape index (κ2) is 8.22. The second-order valence-electron chi connectivity index (χ2n) is 5.61. The molecule has 0 aliphatic rings. The van der Waals surface area contributed by atoms with E-state index in [1.165, 1.54) is 24.3 Å². The van der Waals surface area contributed by atoms with Crippen LogP contribution in [-0.4, -0.2) is 35.5 Å². The van der Waals surface area contributed by atoms with Crippen LogP contribution < -0.4 is 9.47 Å². The van der Waals surface area contributed by atoms with Crippen LogP contribution >= 0.6 is 11.8 Å². The van der Waals surface area contributed by atoms with Crippen LogP contribution in [0.3, 0.4) is 0 Å².